The van der Waals surface area contributed by atoms with Crippen LogP contribution in [0.1, 0.15) is 12.1 Å². The van der Waals surface area contributed by atoms with Crippen LogP contribution in [0.5, 0.6) is 0 Å². The number of amides is 1. The molecule has 22 heavy (non-hydrogen) atoms. The molecule has 2 heterocycles. The highest BCUT2D eigenvalue weighted by molar-refractivity contribution is 7.98. The van der Waals surface area contributed by atoms with E-state index >= 15 is 0 Å². The van der Waals surface area contributed by atoms with E-state index in [9.17, 15) is 4.79 Å². The maximum absolute atomic E-state index is 12.5. The molecule has 1 aliphatic rings. The Hall–Kier alpha value is -1.66. The standard InChI is InChI=1S/C16H17N3OS2/c1-22-9-7-13-15(20)19(16(21)18-13)10-14-12-5-3-2-4-11(12)6-8-17-14/h2-6,8,13H,7,9-10H2,1H3,(H,18,21)/t13-/m1/s1. The molecule has 0 radical (unpaired) electrons. The lowest BCUT2D eigenvalue weighted by Gasteiger charge is -2.15. The maximum Gasteiger partial charge on any atom is 0.251 e. The first-order valence-electron chi connectivity index (χ1n) is 7.14. The van der Waals surface area contributed by atoms with E-state index in [1.54, 1.807) is 22.9 Å². The largest absolute Gasteiger partial charge is 0.350 e. The zero-order valence-corrected chi connectivity index (χ0v) is 13.9. The molecule has 1 fully saturated rings. The topological polar surface area (TPSA) is 45.2 Å². The number of hydrogen-bond donors (Lipinski definition) is 1. The minimum atomic E-state index is -0.199. The highest BCUT2D eigenvalue weighted by Gasteiger charge is 2.35. The number of aromatic nitrogens is 1. The lowest BCUT2D eigenvalue weighted by atomic mass is 10.1. The van der Waals surface area contributed by atoms with E-state index in [0.29, 0.717) is 11.7 Å². The van der Waals surface area contributed by atoms with Crippen LogP contribution < -0.4 is 5.32 Å². The van der Waals surface area contributed by atoms with E-state index in [2.05, 4.69) is 10.3 Å². The summed E-state index contributed by atoms with van der Waals surface area (Å²) in [5, 5.41) is 5.81. The predicted molar refractivity (Wildman–Crippen MR) is 94.8 cm³/mol. The number of carbonyl (C=O) groups excluding carboxylic acids is 1. The van der Waals surface area contributed by atoms with E-state index in [-0.39, 0.29) is 11.9 Å². The van der Waals surface area contributed by atoms with E-state index in [0.717, 1.165) is 28.6 Å². The fourth-order valence-corrected chi connectivity index (χ4v) is 3.38. The number of benzene rings is 1. The van der Waals surface area contributed by atoms with Gasteiger partial charge in [0.1, 0.15) is 6.04 Å². The molecular formula is C16H17N3OS2. The normalized spacial score (nSPS) is 18.0. The SMILES string of the molecule is CSCC[C@H]1NC(=S)N(Cc2nccc3ccccc23)C1=O. The Morgan fingerprint density at radius 1 is 1.36 bits per heavy atom. The second-order valence-corrected chi connectivity index (χ2v) is 6.56. The zero-order valence-electron chi connectivity index (χ0n) is 12.3. The monoisotopic (exact) mass is 331 g/mol. The van der Waals surface area contributed by atoms with Gasteiger partial charge in [-0.25, -0.2) is 0 Å². The number of nitrogens with zero attached hydrogens (tertiary/aromatic N) is 2. The van der Waals surface area contributed by atoms with Gasteiger partial charge in [-0.3, -0.25) is 14.7 Å². The van der Waals surface area contributed by atoms with Crippen molar-refractivity contribution in [3.05, 3.63) is 42.2 Å². The summed E-state index contributed by atoms with van der Waals surface area (Å²) >= 11 is 7.06. The Labute approximate surface area is 139 Å². The first-order valence-corrected chi connectivity index (χ1v) is 8.94. The third-order valence-corrected chi connectivity index (χ3v) is 4.76. The van der Waals surface area contributed by atoms with Gasteiger partial charge in [-0.2, -0.15) is 11.8 Å². The van der Waals surface area contributed by atoms with Crippen LogP contribution in [0.3, 0.4) is 0 Å². The van der Waals surface area contributed by atoms with Gasteiger partial charge < -0.3 is 5.32 Å². The van der Waals surface area contributed by atoms with Crippen LogP contribution in [0, 0.1) is 0 Å². The van der Waals surface area contributed by atoms with E-state index < -0.39 is 0 Å². The lowest BCUT2D eigenvalue weighted by molar-refractivity contribution is -0.127. The van der Waals surface area contributed by atoms with Gasteiger partial charge in [-0.15, -0.1) is 0 Å². The first-order chi connectivity index (χ1) is 10.7. The van der Waals surface area contributed by atoms with Crippen LogP contribution in [0.25, 0.3) is 10.8 Å². The molecule has 1 saturated heterocycles. The summed E-state index contributed by atoms with van der Waals surface area (Å²) in [7, 11) is 0. The maximum atomic E-state index is 12.5. The van der Waals surface area contributed by atoms with Crippen molar-refractivity contribution in [2.75, 3.05) is 12.0 Å². The minimum Gasteiger partial charge on any atom is -0.350 e. The molecule has 4 nitrogen and oxygen atoms in total. The summed E-state index contributed by atoms with van der Waals surface area (Å²) in [5.41, 5.74) is 0.876. The molecule has 3 rings (SSSR count). The molecule has 1 atom stereocenters. The zero-order chi connectivity index (χ0) is 15.5. The number of nitrogens with one attached hydrogen (secondary N) is 1. The van der Waals surface area contributed by atoms with Gasteiger partial charge >= 0.3 is 0 Å². The average molecular weight is 331 g/mol. The summed E-state index contributed by atoms with van der Waals surface area (Å²) in [6.07, 6.45) is 4.61. The van der Waals surface area contributed by atoms with E-state index in [1.807, 2.05) is 36.6 Å². The third-order valence-electron chi connectivity index (χ3n) is 3.78. The smallest absolute Gasteiger partial charge is 0.251 e. The Morgan fingerprint density at radius 3 is 3.00 bits per heavy atom. The van der Waals surface area contributed by atoms with Crippen LogP contribution in [0.15, 0.2) is 36.5 Å². The van der Waals surface area contributed by atoms with Crippen molar-refractivity contribution in [2.45, 2.75) is 19.0 Å². The molecule has 1 N–H and O–H groups in total. The van der Waals surface area contributed by atoms with E-state index in [4.69, 9.17) is 12.2 Å². The quantitative estimate of drug-likeness (QED) is 0.853. The second-order valence-electron chi connectivity index (χ2n) is 5.19. The molecule has 1 aromatic heterocycles. The molecule has 1 aromatic carbocycles. The summed E-state index contributed by atoms with van der Waals surface area (Å²) in [4.78, 5) is 18.6. The lowest BCUT2D eigenvalue weighted by Crippen LogP contribution is -2.31. The van der Waals surface area contributed by atoms with Gasteiger partial charge in [0.05, 0.1) is 12.2 Å². The van der Waals surface area contributed by atoms with Crippen LogP contribution in [0.2, 0.25) is 0 Å². The van der Waals surface area contributed by atoms with Gasteiger partial charge in [0.2, 0.25) is 0 Å². The fourth-order valence-electron chi connectivity index (χ4n) is 2.62. The summed E-state index contributed by atoms with van der Waals surface area (Å²) in [6, 6.07) is 9.83. The molecule has 6 heteroatoms. The van der Waals surface area contributed by atoms with Crippen LogP contribution >= 0.6 is 24.0 Å². The van der Waals surface area contributed by atoms with Crippen molar-refractivity contribution >= 4 is 45.8 Å². The molecule has 1 aliphatic heterocycles. The molecule has 0 saturated carbocycles. The van der Waals surface area contributed by atoms with Gasteiger partial charge in [-0.05, 0) is 42.1 Å². The number of hydrogen-bond acceptors (Lipinski definition) is 4. The molecule has 0 spiro atoms. The molecule has 0 aliphatic carbocycles. The Kier molecular flexibility index (Phi) is 4.59. The fraction of sp³-hybridized carbons (Fsp3) is 0.312. The number of thioether (sulfide) groups is 1. The van der Waals surface area contributed by atoms with Crippen LogP contribution in [-0.4, -0.2) is 39.0 Å². The number of pyridine rings is 1. The molecule has 0 bridgehead atoms. The number of rotatable bonds is 5. The number of thiocarbonyl (C=S) groups is 1. The molecule has 1 amide bonds. The van der Waals surface area contributed by atoms with Gasteiger partial charge in [-0.1, -0.05) is 24.3 Å². The van der Waals surface area contributed by atoms with E-state index in [1.165, 1.54) is 0 Å². The van der Waals surface area contributed by atoms with Gasteiger partial charge in [0.15, 0.2) is 5.11 Å². The highest BCUT2D eigenvalue weighted by atomic mass is 32.2. The summed E-state index contributed by atoms with van der Waals surface area (Å²) in [5.74, 6) is 0.987. The van der Waals surface area contributed by atoms with Crippen molar-refractivity contribution < 1.29 is 4.79 Å². The molecule has 2 aromatic rings. The summed E-state index contributed by atoms with van der Waals surface area (Å²) in [6.45, 7) is 0.418. The highest BCUT2D eigenvalue weighted by Crippen LogP contribution is 2.20. The first kappa shape index (κ1) is 15.2. The Balaban J connectivity index is 1.83. The Bertz CT molecular complexity index is 714. The molecule has 0 unspecified atom stereocenters. The number of fused-ring (bicyclic) bond motifs is 1. The number of carbonyl (C=O) groups is 1. The van der Waals surface area contributed by atoms with Crippen LogP contribution in [-0.2, 0) is 11.3 Å². The predicted octanol–water partition coefficient (Wildman–Crippen LogP) is 2.57. The summed E-state index contributed by atoms with van der Waals surface area (Å²) < 4.78 is 0. The Morgan fingerprint density at radius 2 is 2.18 bits per heavy atom. The van der Waals surface area contributed by atoms with Crippen molar-refractivity contribution in [3.63, 3.8) is 0 Å². The van der Waals surface area contributed by atoms with Crippen molar-refractivity contribution in [3.8, 4) is 0 Å². The van der Waals surface area contributed by atoms with Gasteiger partial charge in [0.25, 0.3) is 5.91 Å². The van der Waals surface area contributed by atoms with Crippen molar-refractivity contribution in [1.82, 2.24) is 15.2 Å². The second kappa shape index (κ2) is 6.62. The minimum absolute atomic E-state index is 0.0498. The van der Waals surface area contributed by atoms with Crippen molar-refractivity contribution in [1.29, 1.82) is 0 Å². The third kappa shape index (κ3) is 2.94. The molecule has 114 valence electrons. The molecular weight excluding hydrogens is 314 g/mol. The van der Waals surface area contributed by atoms with Gasteiger partial charge in [0, 0.05) is 11.6 Å². The average Bonchev–Trinajstić information content (AvgIpc) is 2.81. The van der Waals surface area contributed by atoms with Crippen LogP contribution in [0.4, 0.5) is 0 Å². The van der Waals surface area contributed by atoms with Crippen molar-refractivity contribution in [2.24, 2.45) is 0 Å².